The molecule has 0 spiro atoms. The maximum Gasteiger partial charge on any atom is 0.243 e. The Balaban J connectivity index is 1.59. The highest BCUT2D eigenvalue weighted by atomic mass is 32.2. The van der Waals surface area contributed by atoms with Crippen molar-refractivity contribution in [3.8, 4) is 0 Å². The number of rotatable bonds is 8. The van der Waals surface area contributed by atoms with Crippen molar-refractivity contribution in [2.24, 2.45) is 5.92 Å². The summed E-state index contributed by atoms with van der Waals surface area (Å²) in [5.74, 6) is 0.220. The van der Waals surface area contributed by atoms with Gasteiger partial charge in [0.25, 0.3) is 0 Å². The lowest BCUT2D eigenvalue weighted by Crippen LogP contribution is -2.41. The maximum atomic E-state index is 12.9. The summed E-state index contributed by atoms with van der Waals surface area (Å²) in [6.07, 6.45) is 4.60. The van der Waals surface area contributed by atoms with Crippen LogP contribution in [0.3, 0.4) is 0 Å². The first-order valence-electron chi connectivity index (χ1n) is 10.3. The zero-order valence-electron chi connectivity index (χ0n) is 17.4. The number of hydrogen-bond donors (Lipinski definition) is 1. The number of carbonyl (C=O) groups excluding carboxylic acids is 2. The molecule has 0 radical (unpaired) electrons. The lowest BCUT2D eigenvalue weighted by atomic mass is 9.97. The highest BCUT2D eigenvalue weighted by Gasteiger charge is 2.32. The van der Waals surface area contributed by atoms with Crippen molar-refractivity contribution in [2.45, 2.75) is 51.0 Å². The number of benzene rings is 1. The van der Waals surface area contributed by atoms with E-state index in [1.54, 1.807) is 16.9 Å². The molecule has 1 saturated heterocycles. The van der Waals surface area contributed by atoms with Gasteiger partial charge in [-0.05, 0) is 38.3 Å². The SMILES string of the molecule is CCCCn1nccc1NC(=O)C1CCN(S(=O)(=O)c2ccc(C(C)=O)cc2)CC1. The zero-order chi connectivity index (χ0) is 21.7. The van der Waals surface area contributed by atoms with Gasteiger partial charge >= 0.3 is 0 Å². The van der Waals surface area contributed by atoms with E-state index in [0.29, 0.717) is 24.2 Å². The maximum absolute atomic E-state index is 12.9. The molecule has 162 valence electrons. The monoisotopic (exact) mass is 432 g/mol. The van der Waals surface area contributed by atoms with E-state index in [-0.39, 0.29) is 35.6 Å². The number of piperidine rings is 1. The molecule has 0 saturated carbocycles. The van der Waals surface area contributed by atoms with Crippen LogP contribution in [-0.2, 0) is 21.4 Å². The number of nitrogens with zero attached hydrogens (tertiary/aromatic N) is 3. The molecule has 0 unspecified atom stereocenters. The van der Waals surface area contributed by atoms with Crippen LogP contribution in [0.2, 0.25) is 0 Å². The van der Waals surface area contributed by atoms with Crippen LogP contribution in [0.4, 0.5) is 5.82 Å². The zero-order valence-corrected chi connectivity index (χ0v) is 18.2. The first kappa shape index (κ1) is 22.2. The largest absolute Gasteiger partial charge is 0.311 e. The summed E-state index contributed by atoms with van der Waals surface area (Å²) in [5.41, 5.74) is 0.475. The molecular formula is C21H28N4O4S. The Morgan fingerprint density at radius 3 is 2.40 bits per heavy atom. The van der Waals surface area contributed by atoms with Gasteiger partial charge in [0.15, 0.2) is 5.78 Å². The Labute approximate surface area is 177 Å². The number of Topliss-reactive ketones (excluding diaryl/α,β-unsaturated/α-hetero) is 1. The summed E-state index contributed by atoms with van der Waals surface area (Å²) in [6.45, 7) is 4.85. The summed E-state index contributed by atoms with van der Waals surface area (Å²) >= 11 is 0. The van der Waals surface area contributed by atoms with Gasteiger partial charge in [-0.3, -0.25) is 9.59 Å². The Morgan fingerprint density at radius 2 is 1.80 bits per heavy atom. The number of amides is 1. The molecule has 1 N–H and O–H groups in total. The van der Waals surface area contributed by atoms with E-state index < -0.39 is 10.0 Å². The summed E-state index contributed by atoms with van der Waals surface area (Å²) in [7, 11) is -3.64. The van der Waals surface area contributed by atoms with Crippen LogP contribution < -0.4 is 5.32 Å². The third-order valence-corrected chi connectivity index (χ3v) is 7.33. The average Bonchev–Trinajstić information content (AvgIpc) is 3.19. The second-order valence-electron chi connectivity index (χ2n) is 7.54. The summed E-state index contributed by atoms with van der Waals surface area (Å²) < 4.78 is 28.9. The number of hydrogen-bond acceptors (Lipinski definition) is 5. The predicted octanol–water partition coefficient (Wildman–Crippen LogP) is 2.93. The van der Waals surface area contributed by atoms with Crippen LogP contribution in [-0.4, -0.2) is 47.3 Å². The molecule has 1 fully saturated rings. The molecule has 1 aromatic heterocycles. The molecule has 0 atom stereocenters. The molecule has 2 heterocycles. The minimum atomic E-state index is -3.64. The van der Waals surface area contributed by atoms with Crippen LogP contribution >= 0.6 is 0 Å². The van der Waals surface area contributed by atoms with Gasteiger partial charge in [-0.25, -0.2) is 13.1 Å². The molecule has 1 aliphatic rings. The molecule has 30 heavy (non-hydrogen) atoms. The molecule has 0 bridgehead atoms. The summed E-state index contributed by atoms with van der Waals surface area (Å²) in [4.78, 5) is 24.2. The topological polar surface area (TPSA) is 101 Å². The molecule has 9 heteroatoms. The molecule has 1 aromatic carbocycles. The molecule has 8 nitrogen and oxygen atoms in total. The lowest BCUT2D eigenvalue weighted by molar-refractivity contribution is -0.121. The van der Waals surface area contributed by atoms with E-state index in [0.717, 1.165) is 19.4 Å². The smallest absolute Gasteiger partial charge is 0.243 e. The normalized spacial score (nSPS) is 15.8. The van der Waals surface area contributed by atoms with E-state index in [9.17, 15) is 18.0 Å². The van der Waals surface area contributed by atoms with E-state index in [1.807, 2.05) is 0 Å². The van der Waals surface area contributed by atoms with Crippen molar-refractivity contribution in [2.75, 3.05) is 18.4 Å². The van der Waals surface area contributed by atoms with E-state index >= 15 is 0 Å². The van der Waals surface area contributed by atoms with Crippen LogP contribution in [0.25, 0.3) is 0 Å². The van der Waals surface area contributed by atoms with Gasteiger partial charge in [0.2, 0.25) is 15.9 Å². The van der Waals surface area contributed by atoms with Crippen molar-refractivity contribution >= 4 is 27.5 Å². The third kappa shape index (κ3) is 4.96. The van der Waals surface area contributed by atoms with Crippen molar-refractivity contribution in [3.63, 3.8) is 0 Å². The fraction of sp³-hybridized carbons (Fsp3) is 0.476. The molecular weight excluding hydrogens is 404 g/mol. The van der Waals surface area contributed by atoms with Crippen LogP contribution in [0.5, 0.6) is 0 Å². The highest BCUT2D eigenvalue weighted by molar-refractivity contribution is 7.89. The first-order chi connectivity index (χ1) is 14.3. The van der Waals surface area contributed by atoms with Crippen LogP contribution in [0, 0.1) is 5.92 Å². The summed E-state index contributed by atoms with van der Waals surface area (Å²) in [5, 5.41) is 7.17. The number of aryl methyl sites for hydroxylation is 1. The second-order valence-corrected chi connectivity index (χ2v) is 9.48. The number of unbranched alkanes of at least 4 members (excludes halogenated alkanes) is 1. The Hall–Kier alpha value is -2.52. The van der Waals surface area contributed by atoms with E-state index in [4.69, 9.17) is 0 Å². The Morgan fingerprint density at radius 1 is 1.13 bits per heavy atom. The number of anilines is 1. The number of nitrogens with one attached hydrogen (secondary N) is 1. The number of aromatic nitrogens is 2. The van der Waals surface area contributed by atoms with Gasteiger partial charge in [-0.15, -0.1) is 0 Å². The fourth-order valence-corrected chi connectivity index (χ4v) is 4.99. The van der Waals surface area contributed by atoms with Crippen LogP contribution in [0.1, 0.15) is 49.9 Å². The van der Waals surface area contributed by atoms with E-state index in [2.05, 4.69) is 17.3 Å². The number of carbonyl (C=O) groups is 2. The fourth-order valence-electron chi connectivity index (χ4n) is 3.52. The number of sulfonamides is 1. The Bertz CT molecular complexity index is 990. The molecule has 0 aliphatic carbocycles. The third-order valence-electron chi connectivity index (χ3n) is 5.41. The van der Waals surface area contributed by atoms with Gasteiger partial charge in [-0.2, -0.15) is 9.40 Å². The molecule has 1 aliphatic heterocycles. The van der Waals surface area contributed by atoms with Crippen molar-refractivity contribution < 1.29 is 18.0 Å². The minimum Gasteiger partial charge on any atom is -0.311 e. The minimum absolute atomic E-state index is 0.101. The first-order valence-corrected chi connectivity index (χ1v) is 11.7. The van der Waals surface area contributed by atoms with Gasteiger partial charge in [0, 0.05) is 37.2 Å². The van der Waals surface area contributed by atoms with Gasteiger partial charge in [0.05, 0.1) is 11.1 Å². The average molecular weight is 433 g/mol. The van der Waals surface area contributed by atoms with Crippen LogP contribution in [0.15, 0.2) is 41.4 Å². The summed E-state index contributed by atoms with van der Waals surface area (Å²) in [6, 6.07) is 7.75. The van der Waals surface area contributed by atoms with E-state index in [1.165, 1.54) is 35.5 Å². The van der Waals surface area contributed by atoms with Gasteiger partial charge in [0.1, 0.15) is 5.82 Å². The highest BCUT2D eigenvalue weighted by Crippen LogP contribution is 2.25. The Kier molecular flexibility index (Phi) is 7.04. The second kappa shape index (κ2) is 9.53. The molecule has 1 amide bonds. The van der Waals surface area contributed by atoms with Gasteiger partial charge in [-0.1, -0.05) is 25.5 Å². The van der Waals surface area contributed by atoms with Crippen molar-refractivity contribution in [1.82, 2.24) is 14.1 Å². The molecule has 2 aromatic rings. The van der Waals surface area contributed by atoms with Gasteiger partial charge < -0.3 is 5.32 Å². The standard InChI is InChI=1S/C21H28N4O4S/c1-3-4-13-25-20(9-12-22-25)23-21(27)18-10-14-24(15-11-18)30(28,29)19-7-5-17(6-8-19)16(2)26/h5-9,12,18H,3-4,10-11,13-15H2,1-2H3,(H,23,27). The quantitative estimate of drug-likeness (QED) is 0.646. The lowest BCUT2D eigenvalue weighted by Gasteiger charge is -2.30. The van der Waals surface area contributed by atoms with Crippen molar-refractivity contribution in [3.05, 3.63) is 42.1 Å². The van der Waals surface area contributed by atoms with Crippen molar-refractivity contribution in [1.29, 1.82) is 0 Å². The predicted molar refractivity (Wildman–Crippen MR) is 114 cm³/mol. The number of ketones is 1. The molecule has 3 rings (SSSR count).